The van der Waals surface area contributed by atoms with Crippen molar-refractivity contribution in [3.63, 3.8) is 0 Å². The van der Waals surface area contributed by atoms with Crippen LogP contribution in [0.2, 0.25) is 0 Å². The molecule has 1 aliphatic rings. The van der Waals surface area contributed by atoms with Crippen LogP contribution in [0, 0.1) is 0 Å². The summed E-state index contributed by atoms with van der Waals surface area (Å²) in [6.07, 6.45) is 3.54. The highest BCUT2D eigenvalue weighted by molar-refractivity contribution is 6.25. The highest BCUT2D eigenvalue weighted by atomic mass is 16.7. The summed E-state index contributed by atoms with van der Waals surface area (Å²) in [6.45, 7) is 1.64. The molecule has 0 aromatic heterocycles. The van der Waals surface area contributed by atoms with Gasteiger partial charge < -0.3 is 9.57 Å². The highest BCUT2D eigenvalue weighted by Gasteiger charge is 2.30. The SMILES string of the molecule is CCC(=O)ONC(=O)CCCCC(C1=CC(=O)c2ccccc2C1=O)c1ccc(OC)cc1. The monoisotopic (exact) mass is 449 g/mol. The number of ether oxygens (including phenoxy) is 1. The first-order chi connectivity index (χ1) is 15.9. The summed E-state index contributed by atoms with van der Waals surface area (Å²) in [5.74, 6) is -0.834. The summed E-state index contributed by atoms with van der Waals surface area (Å²) in [7, 11) is 1.58. The van der Waals surface area contributed by atoms with Gasteiger partial charge in [0.1, 0.15) is 5.75 Å². The van der Waals surface area contributed by atoms with Gasteiger partial charge in [-0.2, -0.15) is 5.48 Å². The number of ketones is 2. The Morgan fingerprint density at radius 2 is 1.67 bits per heavy atom. The lowest BCUT2D eigenvalue weighted by Gasteiger charge is -2.24. The second-order valence-electron chi connectivity index (χ2n) is 7.76. The van der Waals surface area contributed by atoms with E-state index in [2.05, 4.69) is 10.3 Å². The van der Waals surface area contributed by atoms with Crippen molar-refractivity contribution in [2.45, 2.75) is 44.9 Å². The third kappa shape index (κ3) is 5.94. The number of benzene rings is 2. The number of rotatable bonds is 9. The number of allylic oxidation sites excluding steroid dienone is 2. The van der Waals surface area contributed by atoms with Gasteiger partial charge in [-0.15, -0.1) is 0 Å². The summed E-state index contributed by atoms with van der Waals surface area (Å²) >= 11 is 0. The van der Waals surface area contributed by atoms with E-state index in [9.17, 15) is 19.2 Å². The molecule has 33 heavy (non-hydrogen) atoms. The number of hydrogen-bond acceptors (Lipinski definition) is 6. The van der Waals surface area contributed by atoms with Crippen LogP contribution in [0.25, 0.3) is 0 Å². The molecule has 1 atom stereocenters. The summed E-state index contributed by atoms with van der Waals surface area (Å²) in [5, 5.41) is 0. The van der Waals surface area contributed by atoms with Gasteiger partial charge in [-0.1, -0.05) is 49.7 Å². The fourth-order valence-corrected chi connectivity index (χ4v) is 3.80. The van der Waals surface area contributed by atoms with Crippen molar-refractivity contribution in [1.82, 2.24) is 5.48 Å². The van der Waals surface area contributed by atoms with Gasteiger partial charge in [-0.3, -0.25) is 14.4 Å². The predicted octanol–water partition coefficient (Wildman–Crippen LogP) is 4.33. The van der Waals surface area contributed by atoms with Crippen LogP contribution in [-0.4, -0.2) is 30.6 Å². The average Bonchev–Trinajstić information content (AvgIpc) is 2.85. The molecule has 1 aliphatic carbocycles. The molecule has 1 unspecified atom stereocenters. The smallest absolute Gasteiger partial charge is 0.331 e. The van der Waals surface area contributed by atoms with Crippen LogP contribution >= 0.6 is 0 Å². The van der Waals surface area contributed by atoms with Crippen LogP contribution in [0.5, 0.6) is 5.75 Å². The van der Waals surface area contributed by atoms with Gasteiger partial charge in [0.05, 0.1) is 7.11 Å². The molecule has 1 amide bonds. The minimum Gasteiger partial charge on any atom is -0.497 e. The van der Waals surface area contributed by atoms with E-state index < -0.39 is 5.97 Å². The molecule has 0 spiro atoms. The largest absolute Gasteiger partial charge is 0.497 e. The van der Waals surface area contributed by atoms with E-state index >= 15 is 0 Å². The van der Waals surface area contributed by atoms with Crippen LogP contribution in [0.3, 0.4) is 0 Å². The van der Waals surface area contributed by atoms with Crippen molar-refractivity contribution in [3.05, 3.63) is 76.9 Å². The van der Waals surface area contributed by atoms with Gasteiger partial charge in [0.2, 0.25) is 0 Å². The molecule has 172 valence electrons. The third-order valence-electron chi connectivity index (χ3n) is 5.59. The Morgan fingerprint density at radius 1 is 0.970 bits per heavy atom. The lowest BCUT2D eigenvalue weighted by atomic mass is 9.78. The Kier molecular flexibility index (Phi) is 8.13. The third-order valence-corrected chi connectivity index (χ3v) is 5.59. The lowest BCUT2D eigenvalue weighted by Crippen LogP contribution is -2.26. The first kappa shape index (κ1) is 23.9. The standard InChI is InChI=1S/C26H27NO6/c1-3-25(30)33-27-24(29)11-7-6-8-19(17-12-14-18(32-2)15-13-17)22-16-23(28)20-9-4-5-10-21(20)26(22)31/h4-5,9-10,12-16,19H,3,6-8,11H2,1-2H3,(H,27,29). The minimum absolute atomic E-state index is 0.157. The maximum absolute atomic E-state index is 13.3. The maximum atomic E-state index is 13.3. The number of amides is 1. The predicted molar refractivity (Wildman–Crippen MR) is 122 cm³/mol. The number of nitrogens with one attached hydrogen (secondary N) is 1. The molecular formula is C26H27NO6. The number of hydroxylamine groups is 1. The van der Waals surface area contributed by atoms with Crippen molar-refractivity contribution in [3.8, 4) is 5.75 Å². The Bertz CT molecular complexity index is 1070. The molecule has 7 nitrogen and oxygen atoms in total. The van der Waals surface area contributed by atoms with Crippen LogP contribution in [0.15, 0.2) is 60.2 Å². The molecule has 0 heterocycles. The maximum Gasteiger partial charge on any atom is 0.331 e. The van der Waals surface area contributed by atoms with Gasteiger partial charge in [0.25, 0.3) is 5.91 Å². The number of methoxy groups -OCH3 is 1. The molecular weight excluding hydrogens is 422 g/mol. The van der Waals surface area contributed by atoms with Gasteiger partial charge >= 0.3 is 5.97 Å². The normalized spacial score (nSPS) is 13.6. The van der Waals surface area contributed by atoms with Crippen molar-refractivity contribution in [1.29, 1.82) is 0 Å². The summed E-state index contributed by atoms with van der Waals surface area (Å²) in [5.41, 5.74) is 4.31. The molecule has 2 aromatic rings. The minimum atomic E-state index is -0.504. The first-order valence-electron chi connectivity index (χ1n) is 11.0. The van der Waals surface area contributed by atoms with Crippen molar-refractivity contribution >= 4 is 23.4 Å². The number of carbonyl (C=O) groups is 4. The summed E-state index contributed by atoms with van der Waals surface area (Å²) < 4.78 is 5.24. The van der Waals surface area contributed by atoms with Gasteiger partial charge in [-0.25, -0.2) is 4.79 Å². The van der Waals surface area contributed by atoms with Crippen LogP contribution in [0.1, 0.15) is 71.2 Å². The topological polar surface area (TPSA) is 98.8 Å². The fraction of sp³-hybridized carbons (Fsp3) is 0.308. The van der Waals surface area contributed by atoms with E-state index in [0.29, 0.717) is 41.7 Å². The molecule has 0 saturated heterocycles. The Morgan fingerprint density at radius 3 is 2.33 bits per heavy atom. The van der Waals surface area contributed by atoms with E-state index in [1.807, 2.05) is 24.3 Å². The van der Waals surface area contributed by atoms with Crippen LogP contribution in [0.4, 0.5) is 0 Å². The molecule has 0 radical (unpaired) electrons. The number of unbranched alkanes of at least 4 members (excludes halogenated alkanes) is 1. The molecule has 7 heteroatoms. The number of hydrogen-bond donors (Lipinski definition) is 1. The lowest BCUT2D eigenvalue weighted by molar-refractivity contribution is -0.158. The van der Waals surface area contributed by atoms with Gasteiger partial charge in [0, 0.05) is 35.5 Å². The molecule has 3 rings (SSSR count). The number of Topliss-reactive ketones (excluding diaryl/α,β-unsaturated/α-hetero) is 1. The second kappa shape index (κ2) is 11.2. The zero-order valence-electron chi connectivity index (χ0n) is 18.8. The highest BCUT2D eigenvalue weighted by Crippen LogP contribution is 2.36. The number of fused-ring (bicyclic) bond motifs is 1. The van der Waals surface area contributed by atoms with E-state index in [4.69, 9.17) is 4.74 Å². The van der Waals surface area contributed by atoms with Crippen LogP contribution < -0.4 is 10.2 Å². The molecule has 1 N–H and O–H groups in total. The van der Waals surface area contributed by atoms with Crippen molar-refractivity contribution in [2.24, 2.45) is 0 Å². The van der Waals surface area contributed by atoms with Gasteiger partial charge in [-0.05, 0) is 36.6 Å². The quantitative estimate of drug-likeness (QED) is 0.452. The van der Waals surface area contributed by atoms with Crippen LogP contribution in [-0.2, 0) is 14.4 Å². The average molecular weight is 450 g/mol. The van der Waals surface area contributed by atoms with E-state index in [-0.39, 0.29) is 36.2 Å². The van der Waals surface area contributed by atoms with Crippen molar-refractivity contribution in [2.75, 3.05) is 7.11 Å². The van der Waals surface area contributed by atoms with E-state index in [1.165, 1.54) is 6.08 Å². The summed E-state index contributed by atoms with van der Waals surface area (Å²) in [4.78, 5) is 53.6. The Labute approximate surface area is 192 Å². The molecule has 0 saturated carbocycles. The molecule has 0 aliphatic heterocycles. The van der Waals surface area contributed by atoms with Gasteiger partial charge in [0.15, 0.2) is 11.6 Å². The first-order valence-corrected chi connectivity index (χ1v) is 11.0. The Balaban J connectivity index is 1.74. The molecule has 0 fully saturated rings. The fourth-order valence-electron chi connectivity index (χ4n) is 3.80. The van der Waals surface area contributed by atoms with Crippen molar-refractivity contribution < 1.29 is 28.8 Å². The zero-order chi connectivity index (χ0) is 23.8. The molecule has 2 aromatic carbocycles. The van der Waals surface area contributed by atoms with E-state index in [0.717, 1.165) is 5.56 Å². The Hall–Kier alpha value is -3.74. The number of carbonyl (C=O) groups excluding carboxylic acids is 4. The second-order valence-corrected chi connectivity index (χ2v) is 7.76. The zero-order valence-corrected chi connectivity index (χ0v) is 18.8. The van der Waals surface area contributed by atoms with E-state index in [1.54, 1.807) is 38.3 Å². The summed E-state index contributed by atoms with van der Waals surface area (Å²) in [6, 6.07) is 14.2. The molecule has 0 bridgehead atoms.